The molecule has 2 N–H and O–H groups in total. The molecule has 1 aliphatic heterocycles. The van der Waals surface area contributed by atoms with Gasteiger partial charge < -0.3 is 19.7 Å². The molecule has 1 aromatic rings. The van der Waals surface area contributed by atoms with E-state index in [0.717, 1.165) is 0 Å². The molecule has 6 nitrogen and oxygen atoms in total. The quantitative estimate of drug-likeness (QED) is 0.789. The number of nitrogens with zero attached hydrogens (tertiary/aromatic N) is 1. The predicted molar refractivity (Wildman–Crippen MR) is 62.9 cm³/mol. The minimum absolute atomic E-state index is 0.0426. The van der Waals surface area contributed by atoms with E-state index in [0.29, 0.717) is 25.1 Å². The zero-order chi connectivity index (χ0) is 13.0. The molecule has 0 radical (unpaired) electrons. The van der Waals surface area contributed by atoms with Crippen molar-refractivity contribution in [1.29, 1.82) is 0 Å². The highest BCUT2D eigenvalue weighted by Gasteiger charge is 2.23. The van der Waals surface area contributed by atoms with Crippen molar-refractivity contribution in [2.24, 2.45) is 0 Å². The van der Waals surface area contributed by atoms with Crippen LogP contribution >= 0.6 is 0 Å². The molecular formula is C12H16N2O4. The maximum absolute atomic E-state index is 11.7. The van der Waals surface area contributed by atoms with Gasteiger partial charge in [0.05, 0.1) is 17.9 Å². The van der Waals surface area contributed by atoms with E-state index in [4.69, 9.17) is 4.42 Å². The summed E-state index contributed by atoms with van der Waals surface area (Å²) in [6.07, 6.45) is 3.25. The summed E-state index contributed by atoms with van der Waals surface area (Å²) >= 11 is 0. The summed E-state index contributed by atoms with van der Waals surface area (Å²) in [6.45, 7) is 1.28. The van der Waals surface area contributed by atoms with Crippen molar-refractivity contribution < 1.29 is 19.1 Å². The molecule has 98 valence electrons. The topological polar surface area (TPSA) is 82.8 Å². The van der Waals surface area contributed by atoms with Gasteiger partial charge in [0, 0.05) is 26.1 Å². The second kappa shape index (κ2) is 5.68. The highest BCUT2D eigenvalue weighted by atomic mass is 16.3. The Bertz CT molecular complexity index is 416. The summed E-state index contributed by atoms with van der Waals surface area (Å²) in [7, 11) is 0. The highest BCUT2D eigenvalue weighted by Crippen LogP contribution is 2.09. The van der Waals surface area contributed by atoms with Crippen LogP contribution in [0.25, 0.3) is 0 Å². The largest absolute Gasteiger partial charge is 0.472 e. The number of rotatable bonds is 4. The first-order valence-corrected chi connectivity index (χ1v) is 5.93. The number of amides is 2. The molecule has 0 bridgehead atoms. The summed E-state index contributed by atoms with van der Waals surface area (Å²) < 4.78 is 4.79. The van der Waals surface area contributed by atoms with E-state index in [1.165, 1.54) is 12.5 Å². The maximum Gasteiger partial charge on any atom is 0.254 e. The first kappa shape index (κ1) is 12.6. The van der Waals surface area contributed by atoms with Crippen LogP contribution in [0.1, 0.15) is 23.2 Å². The Hall–Kier alpha value is -1.82. The molecule has 1 atom stereocenters. The van der Waals surface area contributed by atoms with Crippen molar-refractivity contribution in [2.45, 2.75) is 18.9 Å². The zero-order valence-corrected chi connectivity index (χ0v) is 9.96. The van der Waals surface area contributed by atoms with E-state index in [-0.39, 0.29) is 24.8 Å². The van der Waals surface area contributed by atoms with Gasteiger partial charge in [0.2, 0.25) is 5.91 Å². The lowest BCUT2D eigenvalue weighted by atomic mass is 10.3. The average molecular weight is 252 g/mol. The monoisotopic (exact) mass is 252 g/mol. The third-order valence-electron chi connectivity index (χ3n) is 2.92. The number of likely N-dealkylation sites (tertiary alicyclic amines) is 1. The van der Waals surface area contributed by atoms with Crippen LogP contribution in [-0.4, -0.2) is 47.6 Å². The Morgan fingerprint density at radius 3 is 3.00 bits per heavy atom. The molecular weight excluding hydrogens is 236 g/mol. The highest BCUT2D eigenvalue weighted by molar-refractivity contribution is 5.94. The minimum Gasteiger partial charge on any atom is -0.472 e. The molecule has 0 saturated carbocycles. The smallest absolute Gasteiger partial charge is 0.254 e. The van der Waals surface area contributed by atoms with Gasteiger partial charge in [-0.25, -0.2) is 0 Å². The lowest BCUT2D eigenvalue weighted by Crippen LogP contribution is -2.33. The normalized spacial score (nSPS) is 18.9. The number of hydrogen-bond acceptors (Lipinski definition) is 4. The molecule has 2 amide bonds. The Balaban J connectivity index is 1.69. The molecule has 1 aliphatic rings. The number of nitrogens with one attached hydrogen (secondary N) is 1. The summed E-state index contributed by atoms with van der Waals surface area (Å²) in [6, 6.07) is 1.56. The lowest BCUT2D eigenvalue weighted by Gasteiger charge is -2.15. The fourth-order valence-corrected chi connectivity index (χ4v) is 1.91. The van der Waals surface area contributed by atoms with Crippen LogP contribution in [0.15, 0.2) is 23.0 Å². The second-order valence-electron chi connectivity index (χ2n) is 4.30. The first-order chi connectivity index (χ1) is 8.66. The van der Waals surface area contributed by atoms with Crippen LogP contribution in [0.4, 0.5) is 0 Å². The van der Waals surface area contributed by atoms with Gasteiger partial charge in [0.25, 0.3) is 5.91 Å². The number of furan rings is 1. The van der Waals surface area contributed by atoms with Crippen LogP contribution in [0, 0.1) is 0 Å². The van der Waals surface area contributed by atoms with E-state index in [9.17, 15) is 14.7 Å². The van der Waals surface area contributed by atoms with Gasteiger partial charge in [0.15, 0.2) is 0 Å². The fourth-order valence-electron chi connectivity index (χ4n) is 1.91. The van der Waals surface area contributed by atoms with Crippen molar-refractivity contribution in [2.75, 3.05) is 19.6 Å². The Kier molecular flexibility index (Phi) is 3.99. The number of carbonyl (C=O) groups is 2. The van der Waals surface area contributed by atoms with Crippen LogP contribution in [0.5, 0.6) is 0 Å². The molecule has 0 aliphatic carbocycles. The summed E-state index contributed by atoms with van der Waals surface area (Å²) in [4.78, 5) is 24.8. The predicted octanol–water partition coefficient (Wildman–Crippen LogP) is -0.00730. The van der Waals surface area contributed by atoms with Gasteiger partial charge in [-0.1, -0.05) is 0 Å². The molecule has 6 heteroatoms. The Morgan fingerprint density at radius 1 is 1.56 bits per heavy atom. The van der Waals surface area contributed by atoms with E-state index >= 15 is 0 Å². The van der Waals surface area contributed by atoms with E-state index in [1.54, 1.807) is 11.0 Å². The molecule has 1 aromatic heterocycles. The fraction of sp³-hybridized carbons (Fsp3) is 0.500. The molecule has 18 heavy (non-hydrogen) atoms. The second-order valence-corrected chi connectivity index (χ2v) is 4.30. The van der Waals surface area contributed by atoms with Crippen LogP contribution in [0.3, 0.4) is 0 Å². The summed E-state index contributed by atoms with van der Waals surface area (Å²) in [5.74, 6) is -0.294. The van der Waals surface area contributed by atoms with Crippen molar-refractivity contribution >= 4 is 11.8 Å². The van der Waals surface area contributed by atoms with Gasteiger partial charge in [-0.15, -0.1) is 0 Å². The van der Waals surface area contributed by atoms with E-state index < -0.39 is 6.10 Å². The molecule has 0 aromatic carbocycles. The van der Waals surface area contributed by atoms with Gasteiger partial charge in [-0.05, 0) is 12.5 Å². The zero-order valence-electron chi connectivity index (χ0n) is 9.96. The van der Waals surface area contributed by atoms with Crippen molar-refractivity contribution in [3.63, 3.8) is 0 Å². The number of hydrogen-bond donors (Lipinski definition) is 2. The Morgan fingerprint density at radius 2 is 2.39 bits per heavy atom. The minimum atomic E-state index is -0.408. The average Bonchev–Trinajstić information content (AvgIpc) is 2.99. The SMILES string of the molecule is O=C(NCCC(=O)N1CC[C@@H](O)C1)c1ccoc1. The number of aliphatic hydroxyl groups is 1. The maximum atomic E-state index is 11.7. The molecule has 1 saturated heterocycles. The summed E-state index contributed by atoms with van der Waals surface area (Å²) in [5.41, 5.74) is 0.444. The van der Waals surface area contributed by atoms with Crippen molar-refractivity contribution in [3.05, 3.63) is 24.2 Å². The van der Waals surface area contributed by atoms with Crippen LogP contribution < -0.4 is 5.32 Å². The third-order valence-corrected chi connectivity index (χ3v) is 2.92. The van der Waals surface area contributed by atoms with Gasteiger partial charge in [0.1, 0.15) is 6.26 Å². The number of aliphatic hydroxyl groups excluding tert-OH is 1. The van der Waals surface area contributed by atoms with Crippen molar-refractivity contribution in [1.82, 2.24) is 10.2 Å². The summed E-state index contributed by atoms with van der Waals surface area (Å²) in [5, 5.41) is 12.0. The van der Waals surface area contributed by atoms with Crippen LogP contribution in [0.2, 0.25) is 0 Å². The molecule has 1 fully saturated rings. The standard InChI is InChI=1S/C12H16N2O4/c15-10-2-5-14(7-10)11(16)1-4-13-12(17)9-3-6-18-8-9/h3,6,8,10,15H,1-2,4-5,7H2,(H,13,17)/t10-/m1/s1. The first-order valence-electron chi connectivity index (χ1n) is 5.93. The van der Waals surface area contributed by atoms with Crippen molar-refractivity contribution in [3.8, 4) is 0 Å². The number of carbonyl (C=O) groups excluding carboxylic acids is 2. The molecule has 0 unspecified atom stereocenters. The van der Waals surface area contributed by atoms with E-state index in [2.05, 4.69) is 5.32 Å². The third kappa shape index (κ3) is 3.10. The van der Waals surface area contributed by atoms with Crippen LogP contribution in [-0.2, 0) is 4.79 Å². The Labute approximate surface area is 105 Å². The lowest BCUT2D eigenvalue weighted by molar-refractivity contribution is -0.130. The number of β-amino-alcohol motifs (C(OH)–C–C–N with tert-alkyl or cyclic N) is 1. The van der Waals surface area contributed by atoms with Gasteiger partial charge in [-0.3, -0.25) is 9.59 Å². The van der Waals surface area contributed by atoms with Gasteiger partial charge in [-0.2, -0.15) is 0 Å². The van der Waals surface area contributed by atoms with E-state index in [1.807, 2.05) is 0 Å². The molecule has 2 rings (SSSR count). The molecule has 2 heterocycles. The molecule has 0 spiro atoms. The van der Waals surface area contributed by atoms with Gasteiger partial charge >= 0.3 is 0 Å².